The van der Waals surface area contributed by atoms with Crippen molar-refractivity contribution in [1.29, 1.82) is 0 Å². The first-order valence-electron chi connectivity index (χ1n) is 5.29. The molecule has 1 amide bonds. The van der Waals surface area contributed by atoms with Crippen LogP contribution in [-0.4, -0.2) is 36.5 Å². The van der Waals surface area contributed by atoms with Crippen LogP contribution < -0.4 is 5.32 Å². The van der Waals surface area contributed by atoms with Crippen LogP contribution in [0.5, 0.6) is 0 Å². The van der Waals surface area contributed by atoms with Crippen LogP contribution in [0.15, 0.2) is 0 Å². The molecule has 0 aromatic rings. The highest BCUT2D eigenvalue weighted by atomic mass is 16.2. The number of carbonyl (C=O) groups excluding carboxylic acids is 1. The van der Waals surface area contributed by atoms with Crippen LogP contribution in [-0.2, 0) is 4.79 Å². The minimum absolute atomic E-state index is 0.330. The third-order valence-electron chi connectivity index (χ3n) is 2.60. The highest BCUT2D eigenvalue weighted by Gasteiger charge is 2.21. The molecule has 0 aliphatic carbocycles. The summed E-state index contributed by atoms with van der Waals surface area (Å²) in [5.74, 6) is 0.330. The normalized spacial score (nSPS) is 19.5. The van der Waals surface area contributed by atoms with Crippen molar-refractivity contribution in [2.24, 2.45) is 0 Å². The van der Waals surface area contributed by atoms with E-state index >= 15 is 0 Å². The van der Waals surface area contributed by atoms with Gasteiger partial charge in [-0.2, -0.15) is 0 Å². The average molecular weight is 184 g/mol. The summed E-state index contributed by atoms with van der Waals surface area (Å²) in [5, 5.41) is 3.39. The van der Waals surface area contributed by atoms with E-state index in [2.05, 4.69) is 19.2 Å². The van der Waals surface area contributed by atoms with Gasteiger partial charge in [-0.25, -0.2) is 0 Å². The molecular weight excluding hydrogens is 164 g/mol. The van der Waals surface area contributed by atoms with Crippen molar-refractivity contribution in [3.63, 3.8) is 0 Å². The molecule has 1 atom stereocenters. The SMILES string of the molecule is CCNC(CC)CN1CCCC1=O. The Morgan fingerprint density at radius 2 is 2.31 bits per heavy atom. The van der Waals surface area contributed by atoms with Gasteiger partial charge in [0.15, 0.2) is 0 Å². The maximum absolute atomic E-state index is 11.3. The van der Waals surface area contributed by atoms with Gasteiger partial charge in [0, 0.05) is 25.6 Å². The third kappa shape index (κ3) is 2.99. The minimum Gasteiger partial charge on any atom is -0.341 e. The second kappa shape index (κ2) is 5.22. The molecule has 1 unspecified atom stereocenters. The molecule has 1 aliphatic rings. The Morgan fingerprint density at radius 3 is 2.77 bits per heavy atom. The molecule has 1 fully saturated rings. The van der Waals surface area contributed by atoms with Crippen molar-refractivity contribution in [3.8, 4) is 0 Å². The van der Waals surface area contributed by atoms with Crippen LogP contribution in [0.2, 0.25) is 0 Å². The van der Waals surface area contributed by atoms with Crippen LogP contribution in [0.3, 0.4) is 0 Å². The van der Waals surface area contributed by atoms with Gasteiger partial charge >= 0.3 is 0 Å². The summed E-state index contributed by atoms with van der Waals surface area (Å²) >= 11 is 0. The summed E-state index contributed by atoms with van der Waals surface area (Å²) in [6.07, 6.45) is 2.89. The van der Waals surface area contributed by atoms with Crippen LogP contribution >= 0.6 is 0 Å². The van der Waals surface area contributed by atoms with Crippen molar-refractivity contribution < 1.29 is 4.79 Å². The smallest absolute Gasteiger partial charge is 0.222 e. The number of hydrogen-bond acceptors (Lipinski definition) is 2. The monoisotopic (exact) mass is 184 g/mol. The third-order valence-corrected chi connectivity index (χ3v) is 2.60. The van der Waals surface area contributed by atoms with E-state index in [1.807, 2.05) is 4.90 Å². The van der Waals surface area contributed by atoms with Crippen LogP contribution in [0.25, 0.3) is 0 Å². The number of amides is 1. The lowest BCUT2D eigenvalue weighted by atomic mass is 10.2. The van der Waals surface area contributed by atoms with E-state index in [0.29, 0.717) is 11.9 Å². The van der Waals surface area contributed by atoms with Gasteiger partial charge in [-0.3, -0.25) is 4.79 Å². The Hall–Kier alpha value is -0.570. The average Bonchev–Trinajstić information content (AvgIpc) is 2.51. The van der Waals surface area contributed by atoms with Crippen LogP contribution in [0.4, 0.5) is 0 Å². The molecule has 1 N–H and O–H groups in total. The summed E-state index contributed by atoms with van der Waals surface area (Å²) in [4.78, 5) is 13.3. The molecule has 3 nitrogen and oxygen atoms in total. The Kier molecular flexibility index (Phi) is 4.22. The molecule has 0 aromatic heterocycles. The molecule has 1 aliphatic heterocycles. The van der Waals surface area contributed by atoms with E-state index in [1.54, 1.807) is 0 Å². The Bertz CT molecular complexity index is 170. The zero-order valence-electron chi connectivity index (χ0n) is 8.68. The maximum atomic E-state index is 11.3. The second-order valence-corrected chi connectivity index (χ2v) is 3.61. The van der Waals surface area contributed by atoms with Gasteiger partial charge in [0.2, 0.25) is 5.91 Å². The second-order valence-electron chi connectivity index (χ2n) is 3.61. The van der Waals surface area contributed by atoms with E-state index in [-0.39, 0.29) is 0 Å². The summed E-state index contributed by atoms with van der Waals surface area (Å²) in [6, 6.07) is 0.479. The molecule has 0 aromatic carbocycles. The molecule has 1 rings (SSSR count). The standard InChI is InChI=1S/C10H20N2O/c1-3-9(11-4-2)8-12-7-5-6-10(12)13/h9,11H,3-8H2,1-2H3. The largest absolute Gasteiger partial charge is 0.341 e. The fraction of sp³-hybridized carbons (Fsp3) is 0.900. The quantitative estimate of drug-likeness (QED) is 0.691. The molecule has 0 bridgehead atoms. The fourth-order valence-corrected chi connectivity index (χ4v) is 1.79. The van der Waals surface area contributed by atoms with E-state index in [9.17, 15) is 4.79 Å². The summed E-state index contributed by atoms with van der Waals surface area (Å²) < 4.78 is 0. The van der Waals surface area contributed by atoms with Crippen molar-refractivity contribution in [3.05, 3.63) is 0 Å². The first-order valence-corrected chi connectivity index (χ1v) is 5.29. The van der Waals surface area contributed by atoms with E-state index in [4.69, 9.17) is 0 Å². The topological polar surface area (TPSA) is 32.3 Å². The van der Waals surface area contributed by atoms with Gasteiger partial charge in [0.1, 0.15) is 0 Å². The van der Waals surface area contributed by atoms with Crippen molar-refractivity contribution in [2.45, 2.75) is 39.2 Å². The molecular formula is C10H20N2O. The Morgan fingerprint density at radius 1 is 1.54 bits per heavy atom. The minimum atomic E-state index is 0.330. The molecule has 0 spiro atoms. The number of carbonyl (C=O) groups is 1. The van der Waals surface area contributed by atoms with Gasteiger partial charge in [-0.1, -0.05) is 13.8 Å². The summed E-state index contributed by atoms with van der Waals surface area (Å²) in [7, 11) is 0. The summed E-state index contributed by atoms with van der Waals surface area (Å²) in [5.41, 5.74) is 0. The first kappa shape index (κ1) is 10.5. The van der Waals surface area contributed by atoms with Gasteiger partial charge < -0.3 is 10.2 Å². The summed E-state index contributed by atoms with van der Waals surface area (Å²) in [6.45, 7) is 7.10. The molecule has 76 valence electrons. The Balaban J connectivity index is 2.31. The number of likely N-dealkylation sites (tertiary alicyclic amines) is 1. The van der Waals surface area contributed by atoms with Crippen LogP contribution in [0, 0.1) is 0 Å². The van der Waals surface area contributed by atoms with E-state index in [1.165, 1.54) is 0 Å². The lowest BCUT2D eigenvalue weighted by molar-refractivity contribution is -0.128. The molecule has 13 heavy (non-hydrogen) atoms. The molecule has 0 saturated carbocycles. The number of likely N-dealkylation sites (N-methyl/N-ethyl adjacent to an activating group) is 1. The van der Waals surface area contributed by atoms with Crippen molar-refractivity contribution in [2.75, 3.05) is 19.6 Å². The van der Waals surface area contributed by atoms with Crippen LogP contribution in [0.1, 0.15) is 33.1 Å². The maximum Gasteiger partial charge on any atom is 0.222 e. The zero-order valence-corrected chi connectivity index (χ0v) is 8.68. The molecule has 0 radical (unpaired) electrons. The predicted molar refractivity (Wildman–Crippen MR) is 53.6 cm³/mol. The number of hydrogen-bond donors (Lipinski definition) is 1. The molecule has 1 saturated heterocycles. The Labute approximate surface area is 80.5 Å². The van der Waals surface area contributed by atoms with Gasteiger partial charge in [0.05, 0.1) is 0 Å². The first-order chi connectivity index (χ1) is 6.27. The molecule has 1 heterocycles. The predicted octanol–water partition coefficient (Wildman–Crippen LogP) is 0.997. The van der Waals surface area contributed by atoms with Gasteiger partial charge in [0.25, 0.3) is 0 Å². The van der Waals surface area contributed by atoms with Crippen molar-refractivity contribution >= 4 is 5.91 Å². The molecule has 3 heteroatoms. The number of nitrogens with zero attached hydrogens (tertiary/aromatic N) is 1. The highest BCUT2D eigenvalue weighted by Crippen LogP contribution is 2.10. The zero-order chi connectivity index (χ0) is 9.68. The lowest BCUT2D eigenvalue weighted by Gasteiger charge is -2.23. The highest BCUT2D eigenvalue weighted by molar-refractivity contribution is 5.78. The van der Waals surface area contributed by atoms with Gasteiger partial charge in [-0.05, 0) is 19.4 Å². The number of rotatable bonds is 5. The van der Waals surface area contributed by atoms with Crippen molar-refractivity contribution in [1.82, 2.24) is 10.2 Å². The van der Waals surface area contributed by atoms with Gasteiger partial charge in [-0.15, -0.1) is 0 Å². The lowest BCUT2D eigenvalue weighted by Crippen LogP contribution is -2.41. The van der Waals surface area contributed by atoms with E-state index in [0.717, 1.165) is 38.9 Å². The number of nitrogens with one attached hydrogen (secondary N) is 1. The van der Waals surface area contributed by atoms with E-state index < -0.39 is 0 Å². The fourth-order valence-electron chi connectivity index (χ4n) is 1.79.